The van der Waals surface area contributed by atoms with Crippen molar-refractivity contribution in [3.63, 3.8) is 0 Å². The summed E-state index contributed by atoms with van der Waals surface area (Å²) in [6.07, 6.45) is 5.50. The summed E-state index contributed by atoms with van der Waals surface area (Å²) in [5.74, 6) is 0. The van der Waals surface area contributed by atoms with Gasteiger partial charge in [0.15, 0.2) is 0 Å². The van der Waals surface area contributed by atoms with Gasteiger partial charge >= 0.3 is 0 Å². The predicted molar refractivity (Wildman–Crippen MR) is 79.0 cm³/mol. The van der Waals surface area contributed by atoms with Gasteiger partial charge in [0.25, 0.3) is 5.56 Å². The average molecular weight is 275 g/mol. The molecule has 2 aromatic rings. The molecule has 1 aromatic carbocycles. The summed E-state index contributed by atoms with van der Waals surface area (Å²) >= 11 is 6.10. The molecule has 0 aliphatic carbocycles. The first-order valence-electron chi connectivity index (χ1n) is 6.02. The fourth-order valence-electron chi connectivity index (χ4n) is 1.78. The Balaban J connectivity index is 2.63. The lowest BCUT2D eigenvalue weighted by Gasteiger charge is -2.08. The number of hydrogen-bond acceptors (Lipinski definition) is 2. The van der Waals surface area contributed by atoms with E-state index in [0.717, 1.165) is 11.1 Å². The lowest BCUT2D eigenvalue weighted by molar-refractivity contribution is 0.789. The molecule has 0 bridgehead atoms. The van der Waals surface area contributed by atoms with Crippen LogP contribution in [0.2, 0.25) is 5.02 Å². The average Bonchev–Trinajstić information content (AvgIpc) is 2.39. The predicted octanol–water partition coefficient (Wildman–Crippen LogP) is 3.54. The third-order valence-corrected chi connectivity index (χ3v) is 3.39. The highest BCUT2D eigenvalue weighted by atomic mass is 35.5. The van der Waals surface area contributed by atoms with Crippen molar-refractivity contribution in [2.24, 2.45) is 0 Å². The minimum absolute atomic E-state index is 0.103. The van der Waals surface area contributed by atoms with Gasteiger partial charge in [0, 0.05) is 10.6 Å². The molecule has 2 rings (SSSR count). The van der Waals surface area contributed by atoms with Gasteiger partial charge in [0.1, 0.15) is 0 Å². The highest BCUT2D eigenvalue weighted by molar-refractivity contribution is 6.32. The van der Waals surface area contributed by atoms with E-state index in [1.165, 1.54) is 4.68 Å². The molecule has 0 aliphatic heterocycles. The van der Waals surface area contributed by atoms with Gasteiger partial charge in [0.05, 0.1) is 11.9 Å². The second-order valence-corrected chi connectivity index (χ2v) is 4.78. The third-order valence-electron chi connectivity index (χ3n) is 3.04. The molecule has 3 nitrogen and oxygen atoms in total. The summed E-state index contributed by atoms with van der Waals surface area (Å²) in [6, 6.07) is 5.42. The van der Waals surface area contributed by atoms with Crippen LogP contribution in [0.15, 0.2) is 35.3 Å². The first-order chi connectivity index (χ1) is 9.04. The molecule has 4 heteroatoms. The molecule has 0 fully saturated rings. The van der Waals surface area contributed by atoms with E-state index in [-0.39, 0.29) is 5.56 Å². The summed E-state index contributed by atoms with van der Waals surface area (Å²) in [4.78, 5) is 12.2. The van der Waals surface area contributed by atoms with Crippen LogP contribution in [0.4, 0.5) is 0 Å². The number of allylic oxidation sites excluding steroid dienone is 1. The molecule has 0 saturated heterocycles. The van der Waals surface area contributed by atoms with E-state index in [1.54, 1.807) is 25.3 Å². The molecule has 0 saturated carbocycles. The number of aryl methyl sites for hydroxylation is 1. The van der Waals surface area contributed by atoms with Crippen molar-refractivity contribution in [2.75, 3.05) is 0 Å². The molecule has 0 N–H and O–H groups in total. The number of halogens is 1. The van der Waals surface area contributed by atoms with Gasteiger partial charge < -0.3 is 0 Å². The lowest BCUT2D eigenvalue weighted by Crippen LogP contribution is -2.24. The molecular weight excluding hydrogens is 260 g/mol. The van der Waals surface area contributed by atoms with Gasteiger partial charge in [-0.15, -0.1) is 0 Å². The Morgan fingerprint density at radius 3 is 2.74 bits per heavy atom. The Morgan fingerprint density at radius 1 is 1.32 bits per heavy atom. The Labute approximate surface area is 117 Å². The van der Waals surface area contributed by atoms with Crippen molar-refractivity contribution in [1.29, 1.82) is 0 Å². The van der Waals surface area contributed by atoms with Gasteiger partial charge in [-0.1, -0.05) is 23.8 Å². The Kier molecular flexibility index (Phi) is 3.86. The van der Waals surface area contributed by atoms with Crippen LogP contribution in [0, 0.1) is 13.8 Å². The minimum atomic E-state index is -0.103. The van der Waals surface area contributed by atoms with Crippen molar-refractivity contribution >= 4 is 17.7 Å². The maximum atomic E-state index is 12.2. The molecule has 0 aliphatic rings. The third kappa shape index (κ3) is 2.61. The first kappa shape index (κ1) is 13.6. The van der Waals surface area contributed by atoms with Crippen molar-refractivity contribution in [2.45, 2.75) is 20.8 Å². The Bertz CT molecular complexity index is 702. The number of aromatic nitrogens is 2. The molecule has 0 unspecified atom stereocenters. The van der Waals surface area contributed by atoms with Crippen molar-refractivity contribution < 1.29 is 0 Å². The summed E-state index contributed by atoms with van der Waals surface area (Å²) in [7, 11) is 0. The van der Waals surface area contributed by atoms with Crippen molar-refractivity contribution in [3.8, 4) is 5.69 Å². The van der Waals surface area contributed by atoms with Gasteiger partial charge in [-0.3, -0.25) is 4.79 Å². The molecule has 0 atom stereocenters. The van der Waals surface area contributed by atoms with Gasteiger partial charge in [0.2, 0.25) is 0 Å². The van der Waals surface area contributed by atoms with Gasteiger partial charge in [-0.25, -0.2) is 0 Å². The highest BCUT2D eigenvalue weighted by Crippen LogP contribution is 2.20. The van der Waals surface area contributed by atoms with E-state index in [1.807, 2.05) is 32.1 Å². The summed E-state index contributed by atoms with van der Waals surface area (Å²) in [5.41, 5.74) is 3.08. The van der Waals surface area contributed by atoms with Crippen LogP contribution < -0.4 is 5.56 Å². The molecule has 19 heavy (non-hydrogen) atoms. The van der Waals surface area contributed by atoms with Crippen LogP contribution in [0.1, 0.15) is 23.6 Å². The van der Waals surface area contributed by atoms with Crippen LogP contribution in [0.5, 0.6) is 0 Å². The molecule has 1 heterocycles. The minimum Gasteiger partial charge on any atom is -0.267 e. The molecule has 0 spiro atoms. The maximum Gasteiger partial charge on any atom is 0.274 e. The van der Waals surface area contributed by atoms with Crippen LogP contribution in [0.3, 0.4) is 0 Å². The highest BCUT2D eigenvalue weighted by Gasteiger charge is 2.07. The summed E-state index contributed by atoms with van der Waals surface area (Å²) in [5, 5.41) is 4.83. The zero-order valence-corrected chi connectivity index (χ0v) is 11.9. The van der Waals surface area contributed by atoms with E-state index in [4.69, 9.17) is 11.6 Å². The normalized spacial score (nSPS) is 11.2. The molecule has 1 aromatic heterocycles. The maximum absolute atomic E-state index is 12.2. The number of hydrogen-bond donors (Lipinski definition) is 0. The summed E-state index contributed by atoms with van der Waals surface area (Å²) < 4.78 is 1.39. The zero-order valence-electron chi connectivity index (χ0n) is 11.1. The molecule has 0 amide bonds. The number of rotatable bonds is 2. The van der Waals surface area contributed by atoms with Gasteiger partial charge in [-0.2, -0.15) is 9.78 Å². The zero-order chi connectivity index (χ0) is 14.0. The summed E-state index contributed by atoms with van der Waals surface area (Å²) in [6.45, 7) is 5.60. The van der Waals surface area contributed by atoms with Crippen molar-refractivity contribution in [3.05, 3.63) is 62.5 Å². The Morgan fingerprint density at radius 2 is 2.05 bits per heavy atom. The number of benzene rings is 1. The second kappa shape index (κ2) is 5.41. The quantitative estimate of drug-likeness (QED) is 0.840. The van der Waals surface area contributed by atoms with E-state index in [2.05, 4.69) is 5.10 Å². The van der Waals surface area contributed by atoms with Crippen LogP contribution in [0.25, 0.3) is 11.8 Å². The monoisotopic (exact) mass is 274 g/mol. The largest absolute Gasteiger partial charge is 0.274 e. The smallest absolute Gasteiger partial charge is 0.267 e. The molecule has 98 valence electrons. The standard InChI is InChI=1S/C15H15ClN2O/c1-4-5-12-8-13(6-7-14(12)16)18-15(19)11(3)10(2)9-17-18/h4-9H,1-3H3/b5-4+. The Hall–Kier alpha value is -1.87. The van der Waals surface area contributed by atoms with Crippen LogP contribution >= 0.6 is 11.6 Å². The van der Waals surface area contributed by atoms with Gasteiger partial charge in [-0.05, 0) is 50.1 Å². The SMILES string of the molecule is C/C=C/c1cc(-n2ncc(C)c(C)c2=O)ccc1Cl. The van der Waals surface area contributed by atoms with E-state index < -0.39 is 0 Å². The van der Waals surface area contributed by atoms with Crippen LogP contribution in [-0.4, -0.2) is 9.78 Å². The first-order valence-corrected chi connectivity index (χ1v) is 6.40. The van der Waals surface area contributed by atoms with E-state index in [9.17, 15) is 4.79 Å². The van der Waals surface area contributed by atoms with Crippen molar-refractivity contribution in [1.82, 2.24) is 9.78 Å². The molecule has 0 radical (unpaired) electrons. The fraction of sp³-hybridized carbons (Fsp3) is 0.200. The second-order valence-electron chi connectivity index (χ2n) is 4.38. The topological polar surface area (TPSA) is 34.9 Å². The van der Waals surface area contributed by atoms with E-state index in [0.29, 0.717) is 16.3 Å². The van der Waals surface area contributed by atoms with Crippen LogP contribution in [-0.2, 0) is 0 Å². The number of nitrogens with zero attached hydrogens (tertiary/aromatic N) is 2. The lowest BCUT2D eigenvalue weighted by atomic mass is 10.1. The van der Waals surface area contributed by atoms with E-state index >= 15 is 0 Å². The fourth-order valence-corrected chi connectivity index (χ4v) is 1.96. The molecular formula is C15H15ClN2O.